The summed E-state index contributed by atoms with van der Waals surface area (Å²) in [5.41, 5.74) is 0. The molecule has 2 atom stereocenters. The molecule has 1 aromatic rings. The summed E-state index contributed by atoms with van der Waals surface area (Å²) in [7, 11) is 1.64. The summed E-state index contributed by atoms with van der Waals surface area (Å²) < 4.78 is 1.46. The van der Waals surface area contributed by atoms with E-state index < -0.39 is 4.92 Å². The van der Waals surface area contributed by atoms with E-state index in [1.807, 2.05) is 0 Å². The summed E-state index contributed by atoms with van der Waals surface area (Å²) >= 11 is 0. The molecule has 0 amide bonds. The highest BCUT2D eigenvalue weighted by atomic mass is 16.6. The summed E-state index contributed by atoms with van der Waals surface area (Å²) in [5.74, 6) is 1.23. The Morgan fingerprint density at radius 2 is 2.43 bits per heavy atom. The van der Waals surface area contributed by atoms with Crippen LogP contribution in [-0.4, -0.2) is 20.5 Å². The van der Waals surface area contributed by atoms with Gasteiger partial charge in [0.1, 0.15) is 6.20 Å². The van der Waals surface area contributed by atoms with Crippen LogP contribution in [0.2, 0.25) is 0 Å². The molecule has 1 aliphatic carbocycles. The fourth-order valence-corrected chi connectivity index (χ4v) is 1.39. The predicted molar refractivity (Wildman–Crippen MR) is 51.1 cm³/mol. The zero-order chi connectivity index (χ0) is 10.3. The van der Waals surface area contributed by atoms with Gasteiger partial charge in [-0.1, -0.05) is 6.92 Å². The average Bonchev–Trinajstić information content (AvgIpc) is 2.65. The minimum absolute atomic E-state index is 0.0146. The number of rotatable bonds is 3. The van der Waals surface area contributed by atoms with Crippen molar-refractivity contribution in [3.8, 4) is 0 Å². The number of aromatic nitrogens is 2. The molecular weight excluding hydrogens is 184 g/mol. The Kier molecular flexibility index (Phi) is 1.90. The molecule has 0 aromatic carbocycles. The first kappa shape index (κ1) is 8.98. The molecule has 6 heteroatoms. The zero-order valence-electron chi connectivity index (χ0n) is 8.10. The Labute approximate surface area is 81.1 Å². The molecule has 1 heterocycles. The smallest absolute Gasteiger partial charge is 0.344 e. The van der Waals surface area contributed by atoms with E-state index in [1.165, 1.54) is 10.8 Å². The van der Waals surface area contributed by atoms with Crippen LogP contribution >= 0.6 is 0 Å². The summed E-state index contributed by atoms with van der Waals surface area (Å²) in [5, 5.41) is 13.7. The quantitative estimate of drug-likeness (QED) is 0.581. The SMILES string of the molecule is C[C@@H]1C[C@H]1Nc1ncc([N+](=O)[O-])n1C. The van der Waals surface area contributed by atoms with E-state index in [0.29, 0.717) is 17.9 Å². The van der Waals surface area contributed by atoms with E-state index in [1.54, 1.807) is 7.05 Å². The maximum absolute atomic E-state index is 10.5. The topological polar surface area (TPSA) is 73.0 Å². The Hall–Kier alpha value is -1.59. The first-order valence-electron chi connectivity index (χ1n) is 4.52. The lowest BCUT2D eigenvalue weighted by atomic mass is 10.5. The maximum Gasteiger partial charge on any atom is 0.344 e. The molecule has 2 rings (SSSR count). The van der Waals surface area contributed by atoms with E-state index in [9.17, 15) is 10.1 Å². The molecule has 6 nitrogen and oxygen atoms in total. The van der Waals surface area contributed by atoms with Gasteiger partial charge in [-0.25, -0.2) is 0 Å². The second-order valence-corrected chi connectivity index (χ2v) is 3.72. The third kappa shape index (κ3) is 1.43. The van der Waals surface area contributed by atoms with Crippen molar-refractivity contribution in [3.05, 3.63) is 16.3 Å². The normalized spacial score (nSPS) is 24.7. The van der Waals surface area contributed by atoms with Crippen molar-refractivity contribution >= 4 is 11.8 Å². The van der Waals surface area contributed by atoms with Gasteiger partial charge in [-0.05, 0) is 17.3 Å². The Balaban J connectivity index is 2.14. The van der Waals surface area contributed by atoms with Gasteiger partial charge in [-0.3, -0.25) is 0 Å². The van der Waals surface area contributed by atoms with Crippen LogP contribution in [0.5, 0.6) is 0 Å². The lowest BCUT2D eigenvalue weighted by Gasteiger charge is -2.00. The van der Waals surface area contributed by atoms with Gasteiger partial charge in [-0.15, -0.1) is 0 Å². The molecule has 1 N–H and O–H groups in total. The van der Waals surface area contributed by atoms with Crippen molar-refractivity contribution < 1.29 is 4.92 Å². The minimum atomic E-state index is -0.436. The van der Waals surface area contributed by atoms with Crippen molar-refractivity contribution in [2.75, 3.05) is 5.32 Å². The van der Waals surface area contributed by atoms with Crippen LogP contribution in [0.25, 0.3) is 0 Å². The van der Waals surface area contributed by atoms with Crippen LogP contribution in [0.15, 0.2) is 6.20 Å². The van der Waals surface area contributed by atoms with Crippen molar-refractivity contribution in [1.82, 2.24) is 9.55 Å². The first-order valence-corrected chi connectivity index (χ1v) is 4.52. The average molecular weight is 196 g/mol. The van der Waals surface area contributed by atoms with Crippen LogP contribution in [0.1, 0.15) is 13.3 Å². The molecular formula is C8H12N4O2. The lowest BCUT2D eigenvalue weighted by molar-refractivity contribution is -0.391. The molecule has 0 aliphatic heterocycles. The van der Waals surface area contributed by atoms with Crippen LogP contribution in [0.3, 0.4) is 0 Å². The van der Waals surface area contributed by atoms with Gasteiger partial charge in [0.15, 0.2) is 0 Å². The van der Waals surface area contributed by atoms with Crippen molar-refractivity contribution in [2.24, 2.45) is 13.0 Å². The fraction of sp³-hybridized carbons (Fsp3) is 0.625. The molecule has 1 aliphatic rings. The summed E-state index contributed by atoms with van der Waals surface area (Å²) in [6, 6.07) is 0.427. The second kappa shape index (κ2) is 2.97. The third-order valence-electron chi connectivity index (χ3n) is 2.57. The molecule has 1 saturated carbocycles. The molecule has 76 valence electrons. The Morgan fingerprint density at radius 1 is 1.79 bits per heavy atom. The molecule has 1 fully saturated rings. The highest BCUT2D eigenvalue weighted by Gasteiger charge is 2.34. The number of hydrogen-bond acceptors (Lipinski definition) is 4. The standard InChI is InChI=1S/C8H12N4O2/c1-5-3-6(5)10-8-9-4-7(11(8)2)12(13)14/h4-6H,3H2,1-2H3,(H,9,10)/t5-,6-/m1/s1. The number of anilines is 1. The monoisotopic (exact) mass is 196 g/mol. The summed E-state index contributed by atoms with van der Waals surface area (Å²) in [4.78, 5) is 14.0. The summed E-state index contributed by atoms with van der Waals surface area (Å²) in [6.07, 6.45) is 2.38. The van der Waals surface area contributed by atoms with Crippen molar-refractivity contribution in [1.29, 1.82) is 0 Å². The van der Waals surface area contributed by atoms with Crippen LogP contribution in [0, 0.1) is 16.0 Å². The van der Waals surface area contributed by atoms with Gasteiger partial charge in [0.2, 0.25) is 0 Å². The van der Waals surface area contributed by atoms with Gasteiger partial charge in [0.05, 0.1) is 7.05 Å². The number of hydrogen-bond donors (Lipinski definition) is 1. The van der Waals surface area contributed by atoms with E-state index in [-0.39, 0.29) is 5.82 Å². The third-order valence-corrected chi connectivity index (χ3v) is 2.57. The molecule has 0 saturated heterocycles. The molecule has 0 spiro atoms. The molecule has 1 aromatic heterocycles. The zero-order valence-corrected chi connectivity index (χ0v) is 8.10. The van der Waals surface area contributed by atoms with Crippen molar-refractivity contribution in [2.45, 2.75) is 19.4 Å². The highest BCUT2D eigenvalue weighted by Crippen LogP contribution is 2.32. The summed E-state index contributed by atoms with van der Waals surface area (Å²) in [6.45, 7) is 2.13. The number of nitrogens with one attached hydrogen (secondary N) is 1. The van der Waals surface area contributed by atoms with E-state index >= 15 is 0 Å². The van der Waals surface area contributed by atoms with Gasteiger partial charge < -0.3 is 15.4 Å². The number of imidazole rings is 1. The highest BCUT2D eigenvalue weighted by molar-refractivity contribution is 5.37. The fourth-order valence-electron chi connectivity index (χ4n) is 1.39. The maximum atomic E-state index is 10.5. The number of nitro groups is 1. The van der Waals surface area contributed by atoms with Crippen LogP contribution in [-0.2, 0) is 7.05 Å². The van der Waals surface area contributed by atoms with Gasteiger partial charge in [-0.2, -0.15) is 9.55 Å². The molecule has 14 heavy (non-hydrogen) atoms. The molecule has 0 bridgehead atoms. The van der Waals surface area contributed by atoms with Gasteiger partial charge in [0.25, 0.3) is 5.95 Å². The van der Waals surface area contributed by atoms with Crippen LogP contribution < -0.4 is 5.32 Å². The largest absolute Gasteiger partial charge is 0.358 e. The van der Waals surface area contributed by atoms with Gasteiger partial charge in [0, 0.05) is 6.04 Å². The lowest BCUT2D eigenvalue weighted by Crippen LogP contribution is -2.09. The van der Waals surface area contributed by atoms with Crippen molar-refractivity contribution in [3.63, 3.8) is 0 Å². The Bertz CT molecular complexity index is 373. The first-order chi connectivity index (χ1) is 6.59. The second-order valence-electron chi connectivity index (χ2n) is 3.72. The molecule has 0 unspecified atom stereocenters. The number of nitrogens with zero attached hydrogens (tertiary/aromatic N) is 3. The molecule has 0 radical (unpaired) electrons. The van der Waals surface area contributed by atoms with Gasteiger partial charge >= 0.3 is 5.82 Å². The minimum Gasteiger partial charge on any atom is -0.358 e. The predicted octanol–water partition coefficient (Wildman–Crippen LogP) is 1.15. The Morgan fingerprint density at radius 3 is 2.86 bits per heavy atom. The van der Waals surface area contributed by atoms with Crippen LogP contribution in [0.4, 0.5) is 11.8 Å². The van der Waals surface area contributed by atoms with E-state index in [4.69, 9.17) is 0 Å². The van der Waals surface area contributed by atoms with E-state index in [0.717, 1.165) is 6.42 Å². The van der Waals surface area contributed by atoms with E-state index in [2.05, 4.69) is 17.2 Å².